The average molecular weight is 1080 g/mol. The molecule has 2 aromatic rings. The van der Waals surface area contributed by atoms with E-state index in [1.165, 1.54) is 13.1 Å². The molecule has 3 saturated heterocycles. The molecule has 3 fully saturated rings. The van der Waals surface area contributed by atoms with Crippen molar-refractivity contribution in [2.45, 2.75) is 218 Å². The molecule has 3 aliphatic heterocycles. The first-order valence-electron chi connectivity index (χ1n) is 27.4. The summed E-state index contributed by atoms with van der Waals surface area (Å²) < 4.78 is 40.5. The maximum atomic E-state index is 14.5. The number of nitroso groups, excluding NO2 is 1. The Hall–Kier alpha value is -3.80. The number of nitrogens with zero attached hydrogens (tertiary/aromatic N) is 3. The Bertz CT molecular complexity index is 2340. The van der Waals surface area contributed by atoms with Crippen molar-refractivity contribution in [3.63, 3.8) is 0 Å². The Labute approximate surface area is 448 Å². The molecule has 3 aliphatic rings. The van der Waals surface area contributed by atoms with E-state index in [2.05, 4.69) is 10.5 Å². The van der Waals surface area contributed by atoms with Gasteiger partial charge in [0.05, 0.1) is 59.2 Å². The first-order valence-corrected chi connectivity index (χ1v) is 27.4. The van der Waals surface area contributed by atoms with Gasteiger partial charge in [-0.1, -0.05) is 38.9 Å². The third kappa shape index (κ3) is 14.3. The molecule has 20 nitrogen and oxygen atoms in total. The minimum atomic E-state index is -2.02. The first-order chi connectivity index (χ1) is 35.6. The minimum Gasteiger partial charge on any atom is -0.477 e. The summed E-state index contributed by atoms with van der Waals surface area (Å²) in [7, 11) is 5.25. The lowest BCUT2D eigenvalue weighted by molar-refractivity contribution is -0.314. The van der Waals surface area contributed by atoms with Gasteiger partial charge < -0.3 is 68.7 Å². The van der Waals surface area contributed by atoms with Crippen molar-refractivity contribution in [1.82, 2.24) is 14.8 Å². The predicted molar refractivity (Wildman–Crippen MR) is 285 cm³/mol. The van der Waals surface area contributed by atoms with Crippen molar-refractivity contribution in [2.24, 2.45) is 34.8 Å². The number of benzene rings is 1. The van der Waals surface area contributed by atoms with Crippen molar-refractivity contribution in [3.05, 3.63) is 50.7 Å². The van der Waals surface area contributed by atoms with Gasteiger partial charge in [-0.3, -0.25) is 14.4 Å². The number of nitrogens with one attached hydrogen (secondary N) is 1. The van der Waals surface area contributed by atoms with Crippen LogP contribution >= 0.6 is 0 Å². The highest BCUT2D eigenvalue weighted by molar-refractivity contribution is 5.92. The molecule has 5 rings (SSSR count). The molecular weight excluding hydrogens is 985 g/mol. The summed E-state index contributed by atoms with van der Waals surface area (Å²) in [4.78, 5) is 67.5. The van der Waals surface area contributed by atoms with Crippen LogP contribution in [-0.2, 0) is 51.0 Å². The van der Waals surface area contributed by atoms with Crippen molar-refractivity contribution < 1.29 is 68.3 Å². The van der Waals surface area contributed by atoms with Gasteiger partial charge in [-0.2, -0.15) is 4.91 Å². The third-order valence-corrected chi connectivity index (χ3v) is 17.0. The molecule has 0 aliphatic carbocycles. The number of carbonyl (C=O) groups excluding carboxylic acids is 2. The van der Waals surface area contributed by atoms with Crippen LogP contribution in [0.4, 0.5) is 0 Å². The van der Waals surface area contributed by atoms with Crippen LogP contribution in [0.5, 0.6) is 0 Å². The summed E-state index contributed by atoms with van der Waals surface area (Å²) in [5.74, 6) is -6.11. The zero-order valence-electron chi connectivity index (χ0n) is 47.4. The number of carboxylic acid groups (broad SMARTS) is 1. The van der Waals surface area contributed by atoms with Gasteiger partial charge in [-0.15, -0.1) is 0 Å². The van der Waals surface area contributed by atoms with E-state index in [0.717, 1.165) is 5.56 Å². The SMILES string of the molecule is CC[C@@H]1OC(=O)[C@H](C)[C@H](O[C@@H]2C[C@](C)(OC)[C@H](CC(=O)CCNCCCc3ccc4c(c3)c(=O)c(C(=O)O)cn4CC)[C@H](C)O2)[C@@H](C)[C@H](O[C@H]2O[C@@H](C)C[C@@H](N(C)C)[C@H]2O)[C@](C)(O)C[C@H](C)C(N=O)[C@H](C)[C@H](O)[C@]1(C)O. The number of aryl methyl sites for hydroxylation is 2. The molecule has 430 valence electrons. The largest absolute Gasteiger partial charge is 0.477 e. The van der Waals surface area contributed by atoms with Crippen LogP contribution in [0.3, 0.4) is 0 Å². The number of cyclic esters (lactones) is 1. The van der Waals surface area contributed by atoms with E-state index in [1.807, 2.05) is 58.8 Å². The highest BCUT2D eigenvalue weighted by atomic mass is 16.7. The summed E-state index contributed by atoms with van der Waals surface area (Å²) in [6.07, 6.45) is -5.82. The van der Waals surface area contributed by atoms with E-state index in [9.17, 15) is 49.6 Å². The minimum absolute atomic E-state index is 0.00938. The number of hydrogen-bond donors (Lipinski definition) is 6. The molecular formula is C56H90N4O16. The number of Topliss-reactive ketones (excluding diaryl/α,β-unsaturated/α-hetero) is 1. The van der Waals surface area contributed by atoms with E-state index in [1.54, 1.807) is 59.3 Å². The summed E-state index contributed by atoms with van der Waals surface area (Å²) in [5, 5.41) is 64.8. The van der Waals surface area contributed by atoms with Gasteiger partial charge in [0, 0.05) is 74.8 Å². The Kier molecular flexibility index (Phi) is 21.9. The number of hydrogen-bond acceptors (Lipinski definition) is 18. The van der Waals surface area contributed by atoms with E-state index in [4.69, 9.17) is 28.4 Å². The number of carboxylic acids is 1. The van der Waals surface area contributed by atoms with E-state index in [-0.39, 0.29) is 55.6 Å². The first kappa shape index (κ1) is 63.0. The highest BCUT2D eigenvalue weighted by Crippen LogP contribution is 2.44. The number of likely N-dealkylation sites (N-methyl/N-ethyl adjacent to an activating group) is 1. The van der Waals surface area contributed by atoms with E-state index >= 15 is 0 Å². The van der Waals surface area contributed by atoms with Crippen molar-refractivity contribution in [1.29, 1.82) is 0 Å². The lowest BCUT2D eigenvalue weighted by atomic mass is 9.72. The molecule has 20 heteroatoms. The number of fused-ring (bicyclic) bond motifs is 1. The summed E-state index contributed by atoms with van der Waals surface area (Å²) >= 11 is 0. The molecule has 1 unspecified atom stereocenters. The fourth-order valence-corrected chi connectivity index (χ4v) is 12.4. The maximum Gasteiger partial charge on any atom is 0.341 e. The fraction of sp³-hybridized carbons (Fsp3) is 0.786. The number of ketones is 1. The molecule has 76 heavy (non-hydrogen) atoms. The second-order valence-corrected chi connectivity index (χ2v) is 23.1. The highest BCUT2D eigenvalue weighted by Gasteiger charge is 2.54. The van der Waals surface area contributed by atoms with E-state index in [0.29, 0.717) is 49.8 Å². The van der Waals surface area contributed by atoms with Crippen molar-refractivity contribution in [2.75, 3.05) is 34.3 Å². The molecule has 1 aromatic carbocycles. The van der Waals surface area contributed by atoms with Gasteiger partial charge >= 0.3 is 11.9 Å². The monoisotopic (exact) mass is 1070 g/mol. The third-order valence-electron chi connectivity index (χ3n) is 17.0. The predicted octanol–water partition coefficient (Wildman–Crippen LogP) is 5.21. The number of esters is 1. The topological polar surface area (TPSA) is 274 Å². The molecule has 0 amide bonds. The van der Waals surface area contributed by atoms with Crippen LogP contribution in [0.25, 0.3) is 10.9 Å². The lowest BCUT2D eigenvalue weighted by Crippen LogP contribution is -2.61. The van der Waals surface area contributed by atoms with Crippen LogP contribution in [0.1, 0.15) is 137 Å². The fourth-order valence-electron chi connectivity index (χ4n) is 12.4. The quantitative estimate of drug-likeness (QED) is 0.0598. The maximum absolute atomic E-state index is 14.5. The molecule has 19 atom stereocenters. The second-order valence-electron chi connectivity index (χ2n) is 23.1. The van der Waals surface area contributed by atoms with Gasteiger partial charge in [0.2, 0.25) is 5.43 Å². The van der Waals surface area contributed by atoms with Crippen LogP contribution in [0, 0.1) is 34.5 Å². The number of aromatic carboxylic acids is 1. The molecule has 1 aromatic heterocycles. The summed E-state index contributed by atoms with van der Waals surface area (Å²) in [6, 6.07) is 4.06. The van der Waals surface area contributed by atoms with Crippen LogP contribution < -0.4 is 10.7 Å². The van der Waals surface area contributed by atoms with Gasteiger partial charge in [-0.25, -0.2) is 4.79 Å². The van der Waals surface area contributed by atoms with Gasteiger partial charge in [0.1, 0.15) is 29.2 Å². The Morgan fingerprint density at radius 2 is 1.64 bits per heavy atom. The second kappa shape index (κ2) is 26.4. The lowest BCUT2D eigenvalue weighted by Gasteiger charge is -2.50. The molecule has 6 N–H and O–H groups in total. The van der Waals surface area contributed by atoms with Crippen LogP contribution in [-0.4, -0.2) is 171 Å². The zero-order valence-corrected chi connectivity index (χ0v) is 47.4. The molecule has 0 saturated carbocycles. The number of aliphatic hydroxyl groups excluding tert-OH is 2. The smallest absolute Gasteiger partial charge is 0.341 e. The number of rotatable bonds is 19. The normalized spacial score (nSPS) is 38.1. The van der Waals surface area contributed by atoms with E-state index < -0.39 is 119 Å². The number of ether oxygens (including phenoxy) is 6. The Morgan fingerprint density at radius 1 is 0.961 bits per heavy atom. The number of aromatic nitrogens is 1. The number of methoxy groups -OCH3 is 1. The average Bonchev–Trinajstić information content (AvgIpc) is 3.36. The Balaban J connectivity index is 1.35. The Morgan fingerprint density at radius 3 is 2.25 bits per heavy atom. The summed E-state index contributed by atoms with van der Waals surface area (Å²) in [5.41, 5.74) is -4.02. The van der Waals surface area contributed by atoms with Gasteiger partial charge in [0.15, 0.2) is 12.6 Å². The zero-order chi connectivity index (χ0) is 56.8. The van der Waals surface area contributed by atoms with Crippen molar-refractivity contribution in [3.8, 4) is 0 Å². The standard InChI is InChI=1S/C56H90N4O16/c1-15-43-56(11,69)49(64)32(5)45(58-70)30(3)27-54(9,68)50(76-53-47(63)42(59(12)13)24-31(4)72-53)33(6)48(34(7)52(67)74-43)75-44-28-55(10,71-14)40(35(8)73-44)26-37(61)21-23-57-22-17-18-36-19-20-41-38(25-36)46(62)39(51(65)66)29-60(41)16-2/h19-20,25,29-35,40,42-45,47-50,53,57,63-64,68-69H,15-18,21-24,26-28H2,1-14H3,(H,65,66)/t30-,31-,32-,33+,34+,35-,40+,42+,43-,44+,45?,47+,48+,49-,50-,53+,54+,55-,56+/m0/s1. The number of carbonyl (C=O) groups is 3. The number of pyridine rings is 1. The van der Waals surface area contributed by atoms with Crippen molar-refractivity contribution >= 4 is 28.6 Å². The van der Waals surface area contributed by atoms with Gasteiger partial charge in [0.25, 0.3) is 0 Å². The summed E-state index contributed by atoms with van der Waals surface area (Å²) in [6.45, 7) is 20.3. The number of aliphatic hydroxyl groups is 4. The molecule has 0 radical (unpaired) electrons. The molecule has 0 spiro atoms. The molecule has 4 heterocycles. The van der Waals surface area contributed by atoms with Crippen LogP contribution in [0.2, 0.25) is 0 Å². The molecule has 0 bridgehead atoms. The van der Waals surface area contributed by atoms with Gasteiger partial charge in [-0.05, 0) is 125 Å². The van der Waals surface area contributed by atoms with Crippen LogP contribution in [0.15, 0.2) is 34.4 Å².